The molecule has 30 heavy (non-hydrogen) atoms. The van der Waals surface area contributed by atoms with Gasteiger partial charge < -0.3 is 20.3 Å². The van der Waals surface area contributed by atoms with Crippen LogP contribution in [0.1, 0.15) is 12.8 Å². The minimum Gasteiger partial charge on any atom is -0.494 e. The van der Waals surface area contributed by atoms with E-state index in [0.717, 1.165) is 17.8 Å². The van der Waals surface area contributed by atoms with Crippen molar-refractivity contribution in [3.05, 3.63) is 36.7 Å². The fourth-order valence-electron chi connectivity index (χ4n) is 4.09. The summed E-state index contributed by atoms with van der Waals surface area (Å²) in [5.41, 5.74) is 2.91. The number of anilines is 2. The van der Waals surface area contributed by atoms with Crippen LogP contribution in [0.25, 0.3) is 17.0 Å². The predicted octanol–water partition coefficient (Wildman–Crippen LogP) is 2.25. The minimum absolute atomic E-state index is 0.0876. The van der Waals surface area contributed by atoms with Crippen LogP contribution in [0, 0.1) is 0 Å². The van der Waals surface area contributed by atoms with Crippen molar-refractivity contribution < 1.29 is 13.9 Å². The fraction of sp³-hybridized carbons (Fsp3) is 0.381. The third kappa shape index (κ3) is 3.24. The highest BCUT2D eigenvalue weighted by atomic mass is 19.1. The Morgan fingerprint density at radius 2 is 2.23 bits per heavy atom. The van der Waals surface area contributed by atoms with E-state index >= 15 is 0 Å². The molecule has 1 amide bonds. The highest BCUT2D eigenvalue weighted by Crippen LogP contribution is 2.34. The first-order valence-electron chi connectivity index (χ1n) is 10.1. The number of carbonyl (C=O) groups is 1. The van der Waals surface area contributed by atoms with E-state index in [2.05, 4.69) is 20.6 Å². The van der Waals surface area contributed by atoms with E-state index < -0.39 is 6.17 Å². The number of halogens is 1. The molecule has 0 unspecified atom stereocenters. The zero-order valence-electron chi connectivity index (χ0n) is 16.6. The van der Waals surface area contributed by atoms with Gasteiger partial charge in [-0.2, -0.15) is 0 Å². The van der Waals surface area contributed by atoms with Crippen LogP contribution in [0.5, 0.6) is 5.75 Å². The molecule has 2 atom stereocenters. The van der Waals surface area contributed by atoms with Gasteiger partial charge in [0, 0.05) is 38.3 Å². The first kappa shape index (κ1) is 18.8. The largest absolute Gasteiger partial charge is 0.494 e. The summed E-state index contributed by atoms with van der Waals surface area (Å²) in [7, 11) is 1.59. The normalized spacial score (nSPS) is 21.5. The van der Waals surface area contributed by atoms with Gasteiger partial charge in [0.2, 0.25) is 5.91 Å². The average molecular weight is 410 g/mol. The number of hydrogen-bond donors (Lipinski definition) is 2. The molecule has 9 heteroatoms. The quantitative estimate of drug-likeness (QED) is 0.671. The molecule has 2 aliphatic heterocycles. The third-order valence-corrected chi connectivity index (χ3v) is 5.66. The number of pyridine rings is 2. The monoisotopic (exact) mass is 410 g/mol. The van der Waals surface area contributed by atoms with Crippen molar-refractivity contribution in [1.29, 1.82) is 0 Å². The maximum absolute atomic E-state index is 13.9. The highest BCUT2D eigenvalue weighted by molar-refractivity contribution is 5.97. The minimum atomic E-state index is -0.945. The number of hydrogen-bond acceptors (Lipinski definition) is 6. The van der Waals surface area contributed by atoms with Crippen LogP contribution in [0.15, 0.2) is 36.7 Å². The van der Waals surface area contributed by atoms with Crippen LogP contribution in [-0.2, 0) is 4.79 Å². The van der Waals surface area contributed by atoms with Crippen molar-refractivity contribution >= 4 is 23.1 Å². The number of fused-ring (bicyclic) bond motifs is 1. The van der Waals surface area contributed by atoms with Gasteiger partial charge in [-0.05, 0) is 18.6 Å². The van der Waals surface area contributed by atoms with Crippen molar-refractivity contribution in [2.24, 2.45) is 0 Å². The van der Waals surface area contributed by atoms with E-state index in [4.69, 9.17) is 4.74 Å². The lowest BCUT2D eigenvalue weighted by Crippen LogP contribution is -2.29. The molecule has 2 fully saturated rings. The summed E-state index contributed by atoms with van der Waals surface area (Å²) in [6, 6.07) is 7.12. The summed E-state index contributed by atoms with van der Waals surface area (Å²) in [5, 5.41) is 6.20. The average Bonchev–Trinajstić information content (AvgIpc) is 3.47. The van der Waals surface area contributed by atoms with Crippen LogP contribution in [0.4, 0.5) is 15.9 Å². The molecule has 2 N–H and O–H groups in total. The molecule has 0 aromatic carbocycles. The molecular formula is C21H23FN6O2. The summed E-state index contributed by atoms with van der Waals surface area (Å²) in [6.07, 6.45) is 4.04. The van der Waals surface area contributed by atoms with E-state index in [-0.39, 0.29) is 11.9 Å². The van der Waals surface area contributed by atoms with Gasteiger partial charge in [-0.25, -0.2) is 14.4 Å². The van der Waals surface area contributed by atoms with Gasteiger partial charge in [0.05, 0.1) is 30.7 Å². The molecule has 5 rings (SSSR count). The Morgan fingerprint density at radius 3 is 2.97 bits per heavy atom. The third-order valence-electron chi connectivity index (χ3n) is 5.66. The first-order chi connectivity index (χ1) is 14.6. The number of rotatable bonds is 5. The number of nitrogens with one attached hydrogen (secondary N) is 2. The van der Waals surface area contributed by atoms with E-state index in [1.54, 1.807) is 18.2 Å². The molecule has 3 aromatic rings. The summed E-state index contributed by atoms with van der Waals surface area (Å²) in [5.74, 6) is 1.31. The number of carbonyl (C=O) groups excluding carboxylic acids is 1. The molecular weight excluding hydrogens is 387 g/mol. The van der Waals surface area contributed by atoms with Gasteiger partial charge in [-0.15, -0.1) is 0 Å². The van der Waals surface area contributed by atoms with E-state index in [9.17, 15) is 9.18 Å². The van der Waals surface area contributed by atoms with Crippen molar-refractivity contribution in [1.82, 2.24) is 19.7 Å². The lowest BCUT2D eigenvalue weighted by atomic mass is 10.2. The SMILES string of the molecule is COc1cc2ncc(-c3cccc(N[C@H]4CNC[C@@H]4F)n3)n2cc1N1CCCC1=O. The second kappa shape index (κ2) is 7.56. The van der Waals surface area contributed by atoms with E-state index in [1.807, 2.05) is 34.9 Å². The zero-order chi connectivity index (χ0) is 20.7. The van der Waals surface area contributed by atoms with Crippen LogP contribution in [0.2, 0.25) is 0 Å². The molecule has 156 valence electrons. The Bertz CT molecular complexity index is 1100. The van der Waals surface area contributed by atoms with Crippen LogP contribution >= 0.6 is 0 Å². The summed E-state index contributed by atoms with van der Waals surface area (Å²) in [4.78, 5) is 23.2. The van der Waals surface area contributed by atoms with Crippen molar-refractivity contribution in [2.45, 2.75) is 25.1 Å². The van der Waals surface area contributed by atoms with Gasteiger partial charge >= 0.3 is 0 Å². The standard InChI is InChI=1S/C21H23FN6O2/c1-30-18-8-20-24-11-16(28(20)12-17(18)27-7-3-6-21(27)29)14-4-2-5-19(25-14)26-15-10-23-9-13(15)22/h2,4-5,8,11-13,15,23H,3,6-7,9-10H2,1H3,(H,25,26)/t13-,15-/m0/s1. The fourth-order valence-corrected chi connectivity index (χ4v) is 4.09. The Balaban J connectivity index is 1.53. The molecule has 8 nitrogen and oxygen atoms in total. The van der Waals surface area contributed by atoms with Gasteiger partial charge in [0.1, 0.15) is 29.1 Å². The smallest absolute Gasteiger partial charge is 0.227 e. The van der Waals surface area contributed by atoms with Crippen LogP contribution < -0.4 is 20.3 Å². The van der Waals surface area contributed by atoms with Crippen LogP contribution in [-0.4, -0.2) is 59.2 Å². The maximum Gasteiger partial charge on any atom is 0.227 e. The number of nitrogens with zero attached hydrogens (tertiary/aromatic N) is 4. The zero-order valence-corrected chi connectivity index (χ0v) is 16.6. The van der Waals surface area contributed by atoms with Crippen molar-refractivity contribution in [3.63, 3.8) is 0 Å². The molecule has 0 spiro atoms. The number of amides is 1. The molecule has 0 aliphatic carbocycles. The second-order valence-corrected chi connectivity index (χ2v) is 7.58. The molecule has 2 aliphatic rings. The number of alkyl halides is 1. The molecule has 0 bridgehead atoms. The number of aromatic nitrogens is 3. The summed E-state index contributed by atoms with van der Waals surface area (Å²) < 4.78 is 21.4. The van der Waals surface area contributed by atoms with Crippen molar-refractivity contribution in [3.8, 4) is 17.1 Å². The molecule has 3 aromatic heterocycles. The highest BCUT2D eigenvalue weighted by Gasteiger charge is 2.27. The van der Waals surface area contributed by atoms with Crippen LogP contribution in [0.3, 0.4) is 0 Å². The Morgan fingerprint density at radius 1 is 1.33 bits per heavy atom. The molecule has 0 saturated carbocycles. The lowest BCUT2D eigenvalue weighted by Gasteiger charge is -2.19. The summed E-state index contributed by atoms with van der Waals surface area (Å²) in [6.45, 7) is 1.59. The number of imidazole rings is 1. The summed E-state index contributed by atoms with van der Waals surface area (Å²) >= 11 is 0. The van der Waals surface area contributed by atoms with Gasteiger partial charge in [0.15, 0.2) is 0 Å². The van der Waals surface area contributed by atoms with Gasteiger partial charge in [0.25, 0.3) is 0 Å². The molecule has 2 saturated heterocycles. The van der Waals surface area contributed by atoms with Crippen molar-refractivity contribution in [2.75, 3.05) is 37.0 Å². The maximum atomic E-state index is 13.9. The number of methoxy groups -OCH3 is 1. The number of ether oxygens (including phenoxy) is 1. The van der Waals surface area contributed by atoms with E-state index in [0.29, 0.717) is 49.0 Å². The van der Waals surface area contributed by atoms with E-state index in [1.165, 1.54) is 0 Å². The predicted molar refractivity (Wildman–Crippen MR) is 112 cm³/mol. The topological polar surface area (TPSA) is 83.8 Å². The Kier molecular flexibility index (Phi) is 4.74. The molecule has 5 heterocycles. The lowest BCUT2D eigenvalue weighted by molar-refractivity contribution is -0.117. The van der Waals surface area contributed by atoms with Gasteiger partial charge in [-0.1, -0.05) is 6.07 Å². The van der Waals surface area contributed by atoms with Gasteiger partial charge in [-0.3, -0.25) is 9.20 Å². The first-order valence-corrected chi connectivity index (χ1v) is 10.1. The second-order valence-electron chi connectivity index (χ2n) is 7.58. The Hall–Kier alpha value is -3.20. The molecule has 0 radical (unpaired) electrons. The Labute approximate surface area is 173 Å².